The predicted molar refractivity (Wildman–Crippen MR) is 130 cm³/mol. The first kappa shape index (κ1) is 22.2. The minimum absolute atomic E-state index is 0.0435. The summed E-state index contributed by atoms with van der Waals surface area (Å²) in [6, 6.07) is 15.9. The van der Waals surface area contributed by atoms with Crippen molar-refractivity contribution in [2.75, 3.05) is 38.0 Å². The molecule has 2 N–H and O–H groups in total. The summed E-state index contributed by atoms with van der Waals surface area (Å²) in [7, 11) is 0. The van der Waals surface area contributed by atoms with Crippen molar-refractivity contribution in [2.24, 2.45) is 0 Å². The topological polar surface area (TPSA) is 77.6 Å². The number of amides is 3. The standard InChI is InChI=1S/C24H29N5O2S/c1-3-17(2)25-22(30)16-28-12-14-29(15-13-28)24(31)27-19-9-5-4-8-18(19)23-26-20-10-6-7-11-21(20)32-23/h4-11,17H,3,12-16H2,1-2H3,(H,25,30)(H,27,31). The van der Waals surface area contributed by atoms with Crippen molar-refractivity contribution < 1.29 is 9.59 Å². The van der Waals surface area contributed by atoms with Crippen molar-refractivity contribution in [3.05, 3.63) is 48.5 Å². The number of anilines is 1. The summed E-state index contributed by atoms with van der Waals surface area (Å²) in [6.07, 6.45) is 0.915. The van der Waals surface area contributed by atoms with E-state index in [0.717, 1.165) is 32.9 Å². The molecule has 0 saturated carbocycles. The van der Waals surface area contributed by atoms with Crippen molar-refractivity contribution >= 4 is 39.2 Å². The Balaban J connectivity index is 1.37. The summed E-state index contributed by atoms with van der Waals surface area (Å²) in [6.45, 7) is 6.98. The Bertz CT molecular complexity index is 1060. The molecule has 1 saturated heterocycles. The van der Waals surface area contributed by atoms with Gasteiger partial charge in [-0.25, -0.2) is 9.78 Å². The lowest BCUT2D eigenvalue weighted by molar-refractivity contribution is -0.123. The third kappa shape index (κ3) is 5.26. The van der Waals surface area contributed by atoms with Gasteiger partial charge in [0, 0.05) is 37.8 Å². The van der Waals surface area contributed by atoms with E-state index >= 15 is 0 Å². The monoisotopic (exact) mass is 451 g/mol. The Morgan fingerprint density at radius 1 is 1.06 bits per heavy atom. The van der Waals surface area contributed by atoms with Gasteiger partial charge < -0.3 is 15.5 Å². The smallest absolute Gasteiger partial charge is 0.321 e. The summed E-state index contributed by atoms with van der Waals surface area (Å²) in [5.74, 6) is 0.0435. The molecule has 3 aromatic rings. The molecular weight excluding hydrogens is 422 g/mol. The molecule has 2 aromatic carbocycles. The fraction of sp³-hybridized carbons (Fsp3) is 0.375. The Labute approximate surface area is 192 Å². The molecule has 1 fully saturated rings. The van der Waals surface area contributed by atoms with Gasteiger partial charge in [-0.15, -0.1) is 11.3 Å². The van der Waals surface area contributed by atoms with Crippen LogP contribution in [0.5, 0.6) is 0 Å². The largest absolute Gasteiger partial charge is 0.353 e. The third-order valence-electron chi connectivity index (χ3n) is 5.74. The number of hydrogen-bond donors (Lipinski definition) is 2. The number of nitrogens with one attached hydrogen (secondary N) is 2. The van der Waals surface area contributed by atoms with E-state index in [4.69, 9.17) is 4.98 Å². The number of piperazine rings is 1. The van der Waals surface area contributed by atoms with Gasteiger partial charge in [0.15, 0.2) is 0 Å². The van der Waals surface area contributed by atoms with Gasteiger partial charge in [-0.05, 0) is 37.6 Å². The van der Waals surface area contributed by atoms with Crippen LogP contribution >= 0.6 is 11.3 Å². The van der Waals surface area contributed by atoms with Crippen LogP contribution < -0.4 is 10.6 Å². The lowest BCUT2D eigenvalue weighted by Crippen LogP contribution is -2.52. The number of carbonyl (C=O) groups is 2. The fourth-order valence-electron chi connectivity index (χ4n) is 3.69. The van der Waals surface area contributed by atoms with Crippen LogP contribution in [0, 0.1) is 0 Å². The first-order valence-corrected chi connectivity index (χ1v) is 11.9. The van der Waals surface area contributed by atoms with Crippen molar-refractivity contribution in [3.63, 3.8) is 0 Å². The van der Waals surface area contributed by atoms with Gasteiger partial charge in [0.05, 0.1) is 22.4 Å². The SMILES string of the molecule is CCC(C)NC(=O)CN1CCN(C(=O)Nc2ccccc2-c2nc3ccccc3s2)CC1. The molecule has 1 aliphatic rings. The number of rotatable bonds is 6. The molecule has 0 aliphatic carbocycles. The molecule has 0 radical (unpaired) electrons. The first-order valence-electron chi connectivity index (χ1n) is 11.1. The molecule has 4 rings (SSSR count). The Kier molecular flexibility index (Phi) is 7.02. The number of fused-ring (bicyclic) bond motifs is 1. The molecule has 8 heteroatoms. The molecule has 1 unspecified atom stereocenters. The number of thiazole rings is 1. The van der Waals surface area contributed by atoms with E-state index in [1.165, 1.54) is 0 Å². The highest BCUT2D eigenvalue weighted by Gasteiger charge is 2.23. The van der Waals surface area contributed by atoms with Crippen LogP contribution in [-0.2, 0) is 4.79 Å². The van der Waals surface area contributed by atoms with Gasteiger partial charge in [0.1, 0.15) is 5.01 Å². The second-order valence-electron chi connectivity index (χ2n) is 8.10. The molecule has 0 bridgehead atoms. The molecule has 2 heterocycles. The van der Waals surface area contributed by atoms with E-state index in [2.05, 4.69) is 28.5 Å². The van der Waals surface area contributed by atoms with E-state index in [0.29, 0.717) is 32.7 Å². The van der Waals surface area contributed by atoms with E-state index in [-0.39, 0.29) is 18.0 Å². The average molecular weight is 452 g/mol. The number of para-hydroxylation sites is 2. The average Bonchev–Trinajstić information content (AvgIpc) is 3.24. The highest BCUT2D eigenvalue weighted by molar-refractivity contribution is 7.21. The number of aromatic nitrogens is 1. The van der Waals surface area contributed by atoms with Crippen molar-refractivity contribution in [1.82, 2.24) is 20.1 Å². The second kappa shape index (κ2) is 10.1. The zero-order valence-corrected chi connectivity index (χ0v) is 19.3. The predicted octanol–water partition coefficient (Wildman–Crippen LogP) is 4.03. The zero-order valence-electron chi connectivity index (χ0n) is 18.5. The minimum Gasteiger partial charge on any atom is -0.353 e. The van der Waals surface area contributed by atoms with Gasteiger partial charge >= 0.3 is 6.03 Å². The molecular formula is C24H29N5O2S. The van der Waals surface area contributed by atoms with E-state index < -0.39 is 0 Å². The van der Waals surface area contributed by atoms with E-state index in [1.807, 2.05) is 49.4 Å². The lowest BCUT2D eigenvalue weighted by atomic mass is 10.2. The lowest BCUT2D eigenvalue weighted by Gasteiger charge is -2.34. The maximum atomic E-state index is 12.9. The molecule has 1 atom stereocenters. The Morgan fingerprint density at radius 2 is 1.78 bits per heavy atom. The molecule has 168 valence electrons. The molecule has 1 aromatic heterocycles. The minimum atomic E-state index is -0.123. The highest BCUT2D eigenvalue weighted by Crippen LogP contribution is 2.34. The summed E-state index contributed by atoms with van der Waals surface area (Å²) in [5, 5.41) is 6.95. The van der Waals surface area contributed by atoms with Gasteiger partial charge in [0.25, 0.3) is 0 Å². The van der Waals surface area contributed by atoms with Gasteiger partial charge in [-0.2, -0.15) is 0 Å². The number of hydrogen-bond acceptors (Lipinski definition) is 5. The van der Waals surface area contributed by atoms with Crippen LogP contribution in [0.25, 0.3) is 20.8 Å². The highest BCUT2D eigenvalue weighted by atomic mass is 32.1. The molecule has 1 aliphatic heterocycles. The van der Waals surface area contributed by atoms with Crippen molar-refractivity contribution in [2.45, 2.75) is 26.3 Å². The van der Waals surface area contributed by atoms with Crippen molar-refractivity contribution in [1.29, 1.82) is 0 Å². The number of benzene rings is 2. The van der Waals surface area contributed by atoms with Gasteiger partial charge in [0.2, 0.25) is 5.91 Å². The van der Waals surface area contributed by atoms with Crippen LogP contribution in [0.1, 0.15) is 20.3 Å². The summed E-state index contributed by atoms with van der Waals surface area (Å²) in [4.78, 5) is 33.7. The summed E-state index contributed by atoms with van der Waals surface area (Å²) in [5.41, 5.74) is 2.64. The summed E-state index contributed by atoms with van der Waals surface area (Å²) >= 11 is 1.62. The Morgan fingerprint density at radius 3 is 2.53 bits per heavy atom. The maximum Gasteiger partial charge on any atom is 0.321 e. The molecule has 0 spiro atoms. The molecule has 32 heavy (non-hydrogen) atoms. The van der Waals surface area contributed by atoms with Crippen molar-refractivity contribution in [3.8, 4) is 10.6 Å². The van der Waals surface area contributed by atoms with Gasteiger partial charge in [-0.1, -0.05) is 31.2 Å². The van der Waals surface area contributed by atoms with E-state index in [9.17, 15) is 9.59 Å². The molecule has 7 nitrogen and oxygen atoms in total. The number of nitrogens with zero attached hydrogens (tertiary/aromatic N) is 3. The van der Waals surface area contributed by atoms with Crippen LogP contribution in [0.4, 0.5) is 10.5 Å². The number of urea groups is 1. The Hall–Kier alpha value is -2.97. The van der Waals surface area contributed by atoms with Crippen LogP contribution in [0.15, 0.2) is 48.5 Å². The van der Waals surface area contributed by atoms with E-state index in [1.54, 1.807) is 16.2 Å². The van der Waals surface area contributed by atoms with Gasteiger partial charge in [-0.3, -0.25) is 9.69 Å². The third-order valence-corrected chi connectivity index (χ3v) is 6.81. The quantitative estimate of drug-likeness (QED) is 0.593. The summed E-state index contributed by atoms with van der Waals surface area (Å²) < 4.78 is 1.12. The van der Waals surface area contributed by atoms with Crippen LogP contribution in [-0.4, -0.2) is 65.5 Å². The zero-order chi connectivity index (χ0) is 22.5. The second-order valence-corrected chi connectivity index (χ2v) is 9.13. The van der Waals surface area contributed by atoms with Crippen LogP contribution in [0.3, 0.4) is 0 Å². The number of carbonyl (C=O) groups excluding carboxylic acids is 2. The first-order chi connectivity index (χ1) is 15.5. The van der Waals surface area contributed by atoms with Crippen LogP contribution in [0.2, 0.25) is 0 Å². The maximum absolute atomic E-state index is 12.9. The fourth-order valence-corrected chi connectivity index (χ4v) is 4.70. The normalized spacial score (nSPS) is 15.5. The molecule has 3 amide bonds.